The number of carbonyl (C=O) groups is 2. The molecule has 0 aromatic rings. The van der Waals surface area contributed by atoms with Gasteiger partial charge in [0, 0.05) is 5.92 Å². The minimum atomic E-state index is -0.517. The van der Waals surface area contributed by atoms with E-state index in [-0.39, 0.29) is 23.8 Å². The minimum Gasteiger partial charge on any atom is -0.461 e. The van der Waals surface area contributed by atoms with E-state index in [1.54, 1.807) is 0 Å². The fraction of sp³-hybridized carbons (Fsp3) is 0.800. The molecule has 0 saturated carbocycles. The predicted molar refractivity (Wildman–Crippen MR) is 48.1 cm³/mol. The monoisotopic (exact) mass is 184 g/mol. The summed E-state index contributed by atoms with van der Waals surface area (Å²) in [5.41, 5.74) is 0. The summed E-state index contributed by atoms with van der Waals surface area (Å²) >= 11 is 0. The first kappa shape index (κ1) is 10.2. The Balaban J connectivity index is 2.69. The lowest BCUT2D eigenvalue weighted by Crippen LogP contribution is -2.23. The molecule has 0 aromatic carbocycles. The van der Waals surface area contributed by atoms with Crippen molar-refractivity contribution in [2.45, 2.75) is 39.7 Å². The first-order valence-electron chi connectivity index (χ1n) is 4.78. The van der Waals surface area contributed by atoms with Gasteiger partial charge in [-0.3, -0.25) is 9.59 Å². The molecule has 1 rings (SSSR count). The standard InChI is InChI=1S/C10H16O3/c1-4-5-8-6(2)9(7(3)11)10(12)13-8/h6,8-9H,4-5H2,1-3H3/t6-,8+,9-/m1/s1. The molecule has 3 nitrogen and oxygen atoms in total. The van der Waals surface area contributed by atoms with Crippen molar-refractivity contribution in [2.24, 2.45) is 11.8 Å². The van der Waals surface area contributed by atoms with Crippen molar-refractivity contribution in [1.29, 1.82) is 0 Å². The SMILES string of the molecule is CCC[C@@H]1OC(=O)[C@@H](C(C)=O)[C@@H]1C. The molecular weight excluding hydrogens is 168 g/mol. The molecule has 0 spiro atoms. The Hall–Kier alpha value is -0.860. The number of esters is 1. The summed E-state index contributed by atoms with van der Waals surface area (Å²) in [6.45, 7) is 5.41. The average Bonchev–Trinajstić information content (AvgIpc) is 2.28. The molecule has 13 heavy (non-hydrogen) atoms. The normalized spacial score (nSPS) is 33.2. The van der Waals surface area contributed by atoms with Crippen molar-refractivity contribution in [3.8, 4) is 0 Å². The highest BCUT2D eigenvalue weighted by Gasteiger charge is 2.43. The first-order chi connectivity index (χ1) is 6.07. The summed E-state index contributed by atoms with van der Waals surface area (Å²) in [5.74, 6) is -0.879. The highest BCUT2D eigenvalue weighted by molar-refractivity contribution is 5.99. The Kier molecular flexibility index (Phi) is 3.07. The Bertz CT molecular complexity index is 222. The second-order valence-electron chi connectivity index (χ2n) is 3.71. The number of carbonyl (C=O) groups excluding carboxylic acids is 2. The Labute approximate surface area is 78.5 Å². The Morgan fingerprint density at radius 1 is 1.54 bits per heavy atom. The molecule has 0 amide bonds. The topological polar surface area (TPSA) is 43.4 Å². The third kappa shape index (κ3) is 1.90. The highest BCUT2D eigenvalue weighted by atomic mass is 16.6. The maximum atomic E-state index is 11.3. The third-order valence-corrected chi connectivity index (χ3v) is 2.64. The number of ether oxygens (including phenoxy) is 1. The van der Waals surface area contributed by atoms with Gasteiger partial charge in [0.05, 0.1) is 0 Å². The Morgan fingerprint density at radius 2 is 2.15 bits per heavy atom. The van der Waals surface area contributed by atoms with Gasteiger partial charge in [0.15, 0.2) is 0 Å². The molecule has 1 saturated heterocycles. The van der Waals surface area contributed by atoms with Crippen LogP contribution in [0.4, 0.5) is 0 Å². The number of ketones is 1. The summed E-state index contributed by atoms with van der Waals surface area (Å²) in [6, 6.07) is 0. The number of hydrogen-bond donors (Lipinski definition) is 0. The van der Waals surface area contributed by atoms with Gasteiger partial charge in [0.2, 0.25) is 0 Å². The van der Waals surface area contributed by atoms with Crippen LogP contribution >= 0.6 is 0 Å². The van der Waals surface area contributed by atoms with Gasteiger partial charge in [-0.15, -0.1) is 0 Å². The van der Waals surface area contributed by atoms with Crippen molar-refractivity contribution in [3.63, 3.8) is 0 Å². The molecule has 0 aromatic heterocycles. The Morgan fingerprint density at radius 3 is 2.54 bits per heavy atom. The van der Waals surface area contributed by atoms with Crippen molar-refractivity contribution >= 4 is 11.8 Å². The summed E-state index contributed by atoms with van der Waals surface area (Å²) < 4.78 is 5.13. The molecule has 3 atom stereocenters. The van der Waals surface area contributed by atoms with Crippen LogP contribution in [0.1, 0.15) is 33.6 Å². The van der Waals surface area contributed by atoms with E-state index in [0.29, 0.717) is 0 Å². The van der Waals surface area contributed by atoms with E-state index in [9.17, 15) is 9.59 Å². The van der Waals surface area contributed by atoms with Gasteiger partial charge >= 0.3 is 5.97 Å². The zero-order valence-electron chi connectivity index (χ0n) is 8.37. The summed E-state index contributed by atoms with van der Waals surface area (Å²) in [5, 5.41) is 0. The third-order valence-electron chi connectivity index (χ3n) is 2.64. The molecule has 1 fully saturated rings. The molecule has 0 bridgehead atoms. The van der Waals surface area contributed by atoms with Crippen molar-refractivity contribution in [1.82, 2.24) is 0 Å². The molecule has 0 N–H and O–H groups in total. The van der Waals surface area contributed by atoms with Crippen molar-refractivity contribution in [2.75, 3.05) is 0 Å². The zero-order chi connectivity index (χ0) is 10.0. The van der Waals surface area contributed by atoms with E-state index in [1.165, 1.54) is 6.92 Å². The van der Waals surface area contributed by atoms with Crippen LogP contribution in [0.5, 0.6) is 0 Å². The largest absolute Gasteiger partial charge is 0.461 e. The molecule has 1 aliphatic rings. The van der Waals surface area contributed by atoms with E-state index in [0.717, 1.165) is 12.8 Å². The van der Waals surface area contributed by atoms with E-state index >= 15 is 0 Å². The summed E-state index contributed by atoms with van der Waals surface area (Å²) in [4.78, 5) is 22.4. The molecule has 74 valence electrons. The lowest BCUT2D eigenvalue weighted by Gasteiger charge is -2.13. The van der Waals surface area contributed by atoms with Crippen LogP contribution in [0.2, 0.25) is 0 Å². The van der Waals surface area contributed by atoms with Crippen LogP contribution in [0.25, 0.3) is 0 Å². The predicted octanol–water partition coefficient (Wildman–Crippen LogP) is 1.55. The second kappa shape index (κ2) is 3.90. The number of rotatable bonds is 3. The van der Waals surface area contributed by atoms with Crippen LogP contribution in [0.15, 0.2) is 0 Å². The zero-order valence-corrected chi connectivity index (χ0v) is 8.37. The maximum absolute atomic E-state index is 11.3. The van der Waals surface area contributed by atoms with Gasteiger partial charge < -0.3 is 4.74 Å². The van der Waals surface area contributed by atoms with Gasteiger partial charge in [0.1, 0.15) is 17.8 Å². The van der Waals surface area contributed by atoms with Crippen molar-refractivity contribution < 1.29 is 14.3 Å². The van der Waals surface area contributed by atoms with E-state index in [4.69, 9.17) is 4.74 Å². The van der Waals surface area contributed by atoms with Crippen LogP contribution in [-0.4, -0.2) is 17.9 Å². The van der Waals surface area contributed by atoms with Crippen LogP contribution < -0.4 is 0 Å². The van der Waals surface area contributed by atoms with Crippen LogP contribution in [0.3, 0.4) is 0 Å². The van der Waals surface area contributed by atoms with Crippen molar-refractivity contribution in [3.05, 3.63) is 0 Å². The van der Waals surface area contributed by atoms with Gasteiger partial charge in [-0.05, 0) is 13.3 Å². The maximum Gasteiger partial charge on any atom is 0.317 e. The number of hydrogen-bond acceptors (Lipinski definition) is 3. The van der Waals surface area contributed by atoms with Gasteiger partial charge in [-0.25, -0.2) is 0 Å². The molecular formula is C10H16O3. The van der Waals surface area contributed by atoms with Gasteiger partial charge in [-0.2, -0.15) is 0 Å². The van der Waals surface area contributed by atoms with Crippen LogP contribution in [0, 0.1) is 11.8 Å². The number of Topliss-reactive ketones (excluding diaryl/α,β-unsaturated/α-hetero) is 1. The van der Waals surface area contributed by atoms with E-state index in [1.807, 2.05) is 13.8 Å². The molecule has 0 unspecified atom stereocenters. The second-order valence-corrected chi connectivity index (χ2v) is 3.71. The quantitative estimate of drug-likeness (QED) is 0.493. The smallest absolute Gasteiger partial charge is 0.317 e. The number of cyclic esters (lactones) is 1. The molecule has 1 aliphatic heterocycles. The average molecular weight is 184 g/mol. The minimum absolute atomic E-state index is 0.0462. The molecule has 0 aliphatic carbocycles. The summed E-state index contributed by atoms with van der Waals surface area (Å²) in [7, 11) is 0. The van der Waals surface area contributed by atoms with Crippen LogP contribution in [-0.2, 0) is 14.3 Å². The lowest BCUT2D eigenvalue weighted by atomic mass is 9.88. The van der Waals surface area contributed by atoms with Gasteiger partial charge in [-0.1, -0.05) is 20.3 Å². The molecule has 0 radical (unpaired) electrons. The van der Waals surface area contributed by atoms with Gasteiger partial charge in [0.25, 0.3) is 0 Å². The fourth-order valence-electron chi connectivity index (χ4n) is 1.90. The lowest BCUT2D eigenvalue weighted by molar-refractivity contribution is -0.146. The van der Waals surface area contributed by atoms with E-state index in [2.05, 4.69) is 0 Å². The van der Waals surface area contributed by atoms with E-state index < -0.39 is 5.92 Å². The molecule has 3 heteroatoms. The molecule has 1 heterocycles. The first-order valence-corrected chi connectivity index (χ1v) is 4.78. The fourth-order valence-corrected chi connectivity index (χ4v) is 1.90. The highest BCUT2D eigenvalue weighted by Crippen LogP contribution is 2.31. The summed E-state index contributed by atoms with van der Waals surface area (Å²) in [6.07, 6.45) is 1.79.